The summed E-state index contributed by atoms with van der Waals surface area (Å²) in [6, 6.07) is 4.09. The van der Waals surface area contributed by atoms with Crippen LogP contribution in [0.2, 0.25) is 0 Å². The van der Waals surface area contributed by atoms with E-state index in [4.69, 9.17) is 4.74 Å². The van der Waals surface area contributed by atoms with Crippen LogP contribution >= 0.6 is 12.6 Å². The fourth-order valence-electron chi connectivity index (χ4n) is 3.11. The van der Waals surface area contributed by atoms with Crippen molar-refractivity contribution in [1.29, 1.82) is 0 Å². The van der Waals surface area contributed by atoms with Crippen LogP contribution in [0.4, 0.5) is 4.79 Å². The summed E-state index contributed by atoms with van der Waals surface area (Å²) >= 11 is 4.23. The second kappa shape index (κ2) is 13.8. The van der Waals surface area contributed by atoms with E-state index in [9.17, 15) is 19.5 Å². The highest BCUT2D eigenvalue weighted by Crippen LogP contribution is 2.25. The number of phenolic OH excluding ortho intramolecular Hbond substituents is 1. The molecule has 0 fully saturated rings. The summed E-state index contributed by atoms with van der Waals surface area (Å²) in [6.45, 7) is 11.5. The van der Waals surface area contributed by atoms with Gasteiger partial charge in [-0.25, -0.2) is 4.79 Å². The van der Waals surface area contributed by atoms with Gasteiger partial charge in [-0.1, -0.05) is 38.0 Å². The predicted octanol–water partition coefficient (Wildman–Crippen LogP) is 3.58. The van der Waals surface area contributed by atoms with E-state index in [1.165, 1.54) is 23.1 Å². The molecule has 1 rings (SSSR count). The van der Waals surface area contributed by atoms with Crippen molar-refractivity contribution < 1.29 is 24.2 Å². The van der Waals surface area contributed by atoms with E-state index in [1.807, 2.05) is 0 Å². The Morgan fingerprint density at radius 2 is 1.85 bits per heavy atom. The standard InChI is InChI=1S/C24H37N3O5S/c1-6-8-9-14-25-21(29)20(17-10-12-18(28)13-11-17)27(15-7-2)22(30)19(16-33)26-23(31)32-24(3,4)5/h7,10-13,19-20,28,33H,2,6,8-9,14-16H2,1,3-5H3,(H,25,29)(H,26,31). The molecule has 0 heterocycles. The lowest BCUT2D eigenvalue weighted by Gasteiger charge is -2.33. The third kappa shape index (κ3) is 9.77. The van der Waals surface area contributed by atoms with Gasteiger partial charge in [-0.2, -0.15) is 12.6 Å². The number of carbonyl (C=O) groups is 3. The maximum Gasteiger partial charge on any atom is 0.408 e. The Morgan fingerprint density at radius 1 is 1.21 bits per heavy atom. The molecule has 0 spiro atoms. The number of thiol groups is 1. The lowest BCUT2D eigenvalue weighted by molar-refractivity contribution is -0.141. The molecule has 0 bridgehead atoms. The monoisotopic (exact) mass is 479 g/mol. The van der Waals surface area contributed by atoms with Crippen LogP contribution in [-0.4, -0.2) is 58.4 Å². The van der Waals surface area contributed by atoms with Crippen LogP contribution in [0.15, 0.2) is 36.9 Å². The van der Waals surface area contributed by atoms with Crippen molar-refractivity contribution in [3.63, 3.8) is 0 Å². The minimum Gasteiger partial charge on any atom is -0.508 e. The summed E-state index contributed by atoms with van der Waals surface area (Å²) in [7, 11) is 0. The smallest absolute Gasteiger partial charge is 0.408 e. The molecule has 0 aromatic heterocycles. The van der Waals surface area contributed by atoms with Crippen LogP contribution < -0.4 is 10.6 Å². The first-order valence-corrected chi connectivity index (χ1v) is 11.8. The largest absolute Gasteiger partial charge is 0.508 e. The van der Waals surface area contributed by atoms with Crippen molar-refractivity contribution in [2.45, 2.75) is 64.6 Å². The molecule has 0 aliphatic carbocycles. The van der Waals surface area contributed by atoms with E-state index in [-0.39, 0.29) is 24.0 Å². The maximum atomic E-state index is 13.5. The zero-order chi connectivity index (χ0) is 25.0. The number of unbranched alkanes of at least 4 members (excludes halogenated alkanes) is 2. The average Bonchev–Trinajstić information content (AvgIpc) is 2.74. The van der Waals surface area contributed by atoms with Crippen molar-refractivity contribution in [2.75, 3.05) is 18.8 Å². The highest BCUT2D eigenvalue weighted by Gasteiger charge is 2.35. The molecular weight excluding hydrogens is 442 g/mol. The molecule has 0 saturated heterocycles. The number of nitrogens with zero attached hydrogens (tertiary/aromatic N) is 1. The summed E-state index contributed by atoms with van der Waals surface area (Å²) in [5, 5.41) is 15.1. The molecule has 184 valence electrons. The zero-order valence-electron chi connectivity index (χ0n) is 20.0. The Labute approximate surface area is 202 Å². The number of benzene rings is 1. The first-order valence-electron chi connectivity index (χ1n) is 11.1. The first-order chi connectivity index (χ1) is 15.5. The highest BCUT2D eigenvalue weighted by molar-refractivity contribution is 7.80. The summed E-state index contributed by atoms with van der Waals surface area (Å²) in [4.78, 5) is 40.3. The Bertz CT molecular complexity index is 792. The van der Waals surface area contributed by atoms with E-state index in [0.29, 0.717) is 12.1 Å². The van der Waals surface area contributed by atoms with Crippen LogP contribution in [0.25, 0.3) is 0 Å². The van der Waals surface area contributed by atoms with Gasteiger partial charge in [0.05, 0.1) is 0 Å². The van der Waals surface area contributed by atoms with E-state index >= 15 is 0 Å². The summed E-state index contributed by atoms with van der Waals surface area (Å²) < 4.78 is 5.26. The SMILES string of the molecule is C=CCN(C(=O)C(CS)NC(=O)OC(C)(C)C)C(C(=O)NCCCCC)c1ccc(O)cc1. The number of alkyl carbamates (subject to hydrolysis) is 1. The second-order valence-corrected chi connectivity index (χ2v) is 9.02. The molecule has 0 saturated carbocycles. The number of rotatable bonds is 12. The molecule has 9 heteroatoms. The second-order valence-electron chi connectivity index (χ2n) is 8.65. The highest BCUT2D eigenvalue weighted by atomic mass is 32.1. The van der Waals surface area contributed by atoms with Crippen molar-refractivity contribution in [2.24, 2.45) is 0 Å². The van der Waals surface area contributed by atoms with Crippen LogP contribution in [0.3, 0.4) is 0 Å². The van der Waals surface area contributed by atoms with Gasteiger partial charge in [0.25, 0.3) is 0 Å². The Morgan fingerprint density at radius 3 is 2.36 bits per heavy atom. The summed E-state index contributed by atoms with van der Waals surface area (Å²) in [5.41, 5.74) is -0.214. The number of aromatic hydroxyl groups is 1. The molecule has 0 aliphatic rings. The molecule has 0 radical (unpaired) electrons. The van der Waals surface area contributed by atoms with Crippen LogP contribution in [0.5, 0.6) is 5.75 Å². The van der Waals surface area contributed by atoms with Crippen LogP contribution in [-0.2, 0) is 14.3 Å². The average molecular weight is 480 g/mol. The number of amides is 3. The number of phenols is 1. The molecule has 8 nitrogen and oxygen atoms in total. The van der Waals surface area contributed by atoms with Crippen molar-refractivity contribution in [1.82, 2.24) is 15.5 Å². The molecule has 3 amide bonds. The molecule has 2 unspecified atom stereocenters. The van der Waals surface area contributed by atoms with Gasteiger partial charge in [-0.15, -0.1) is 6.58 Å². The molecule has 1 aromatic carbocycles. The van der Waals surface area contributed by atoms with Crippen molar-refractivity contribution >= 4 is 30.5 Å². The van der Waals surface area contributed by atoms with Crippen LogP contribution in [0, 0.1) is 0 Å². The Kier molecular flexibility index (Phi) is 11.8. The lowest BCUT2D eigenvalue weighted by atomic mass is 10.0. The first kappa shape index (κ1) is 28.4. The number of hydrogen-bond acceptors (Lipinski definition) is 6. The molecule has 2 atom stereocenters. The fraction of sp³-hybridized carbons (Fsp3) is 0.542. The third-order valence-electron chi connectivity index (χ3n) is 4.63. The molecule has 33 heavy (non-hydrogen) atoms. The fourth-order valence-corrected chi connectivity index (χ4v) is 3.36. The quantitative estimate of drug-likeness (QED) is 0.208. The summed E-state index contributed by atoms with van der Waals surface area (Å²) in [5.74, 6) is -0.812. The summed E-state index contributed by atoms with van der Waals surface area (Å²) in [6.07, 6.45) is 3.57. The topological polar surface area (TPSA) is 108 Å². The number of hydrogen-bond donors (Lipinski definition) is 4. The minimum absolute atomic E-state index is 0.00609. The molecule has 1 aromatic rings. The molecule has 3 N–H and O–H groups in total. The van der Waals surface area contributed by atoms with Gasteiger partial charge in [0.15, 0.2) is 0 Å². The van der Waals surface area contributed by atoms with Gasteiger partial charge in [0.2, 0.25) is 11.8 Å². The predicted molar refractivity (Wildman–Crippen MR) is 132 cm³/mol. The van der Waals surface area contributed by atoms with Gasteiger partial charge in [0.1, 0.15) is 23.4 Å². The van der Waals surface area contributed by atoms with Gasteiger partial charge in [0, 0.05) is 18.8 Å². The Hall–Kier alpha value is -2.68. The van der Waals surface area contributed by atoms with Gasteiger partial charge >= 0.3 is 6.09 Å². The molecule has 0 aliphatic heterocycles. The van der Waals surface area contributed by atoms with E-state index in [2.05, 4.69) is 36.8 Å². The van der Waals surface area contributed by atoms with Gasteiger partial charge in [-0.05, 0) is 44.9 Å². The van der Waals surface area contributed by atoms with E-state index < -0.39 is 29.7 Å². The zero-order valence-corrected chi connectivity index (χ0v) is 20.9. The maximum absolute atomic E-state index is 13.5. The number of ether oxygens (including phenoxy) is 1. The normalized spacial score (nSPS) is 12.9. The van der Waals surface area contributed by atoms with Crippen molar-refractivity contribution in [3.05, 3.63) is 42.5 Å². The van der Waals surface area contributed by atoms with Crippen molar-refractivity contribution in [3.8, 4) is 5.75 Å². The lowest BCUT2D eigenvalue weighted by Crippen LogP contribution is -2.53. The van der Waals surface area contributed by atoms with E-state index in [1.54, 1.807) is 32.9 Å². The minimum atomic E-state index is -1.02. The van der Waals surface area contributed by atoms with Crippen LogP contribution in [0.1, 0.15) is 58.6 Å². The van der Waals surface area contributed by atoms with Gasteiger partial charge < -0.3 is 25.4 Å². The van der Waals surface area contributed by atoms with E-state index in [0.717, 1.165) is 19.3 Å². The Balaban J connectivity index is 3.22. The van der Waals surface area contributed by atoms with Gasteiger partial charge in [-0.3, -0.25) is 9.59 Å². The molecular formula is C24H37N3O5S. The number of nitrogens with one attached hydrogen (secondary N) is 2. The third-order valence-corrected chi connectivity index (χ3v) is 4.99. The number of carbonyl (C=O) groups excluding carboxylic acids is 3.